The molecular weight excluding hydrogens is 424 g/mol. The summed E-state index contributed by atoms with van der Waals surface area (Å²) < 4.78 is 10.6. The summed E-state index contributed by atoms with van der Waals surface area (Å²) in [5.41, 5.74) is 5.76. The molecule has 1 unspecified atom stereocenters. The third-order valence-electron chi connectivity index (χ3n) is 4.59. The summed E-state index contributed by atoms with van der Waals surface area (Å²) >= 11 is 0. The zero-order chi connectivity index (χ0) is 23.5. The van der Waals surface area contributed by atoms with E-state index in [1.54, 1.807) is 67.8 Å². The van der Waals surface area contributed by atoms with Crippen LogP contribution in [0.5, 0.6) is 11.5 Å². The Morgan fingerprint density at radius 3 is 2.33 bits per heavy atom. The number of benzene rings is 2. The highest BCUT2D eigenvalue weighted by molar-refractivity contribution is 5.96. The number of aromatic nitrogens is 1. The molecule has 3 aromatic rings. The minimum atomic E-state index is -0.959. The van der Waals surface area contributed by atoms with E-state index in [0.717, 1.165) is 5.56 Å². The summed E-state index contributed by atoms with van der Waals surface area (Å²) in [6.45, 7) is -0.265. The predicted molar refractivity (Wildman–Crippen MR) is 120 cm³/mol. The van der Waals surface area contributed by atoms with E-state index in [1.807, 2.05) is 6.07 Å². The maximum atomic E-state index is 12.8. The first-order valence-corrected chi connectivity index (χ1v) is 10.2. The Morgan fingerprint density at radius 1 is 0.909 bits per heavy atom. The van der Waals surface area contributed by atoms with Crippen LogP contribution in [0.3, 0.4) is 0 Å². The SMILES string of the molecule is COc1ccc(CC(NC(=O)COc2ccccc2)C(=O)NNC(=O)c2cccnc2)cc1. The van der Waals surface area contributed by atoms with Crippen molar-refractivity contribution >= 4 is 17.7 Å². The fourth-order valence-corrected chi connectivity index (χ4v) is 2.88. The molecule has 0 aliphatic rings. The second-order valence-electron chi connectivity index (χ2n) is 6.96. The largest absolute Gasteiger partial charge is 0.497 e. The van der Waals surface area contributed by atoms with Crippen LogP contribution in [0.15, 0.2) is 79.1 Å². The molecule has 0 saturated carbocycles. The van der Waals surface area contributed by atoms with Gasteiger partial charge in [0, 0.05) is 18.8 Å². The number of carbonyl (C=O) groups is 3. The fourth-order valence-electron chi connectivity index (χ4n) is 2.88. The van der Waals surface area contributed by atoms with E-state index in [4.69, 9.17) is 9.47 Å². The molecule has 9 heteroatoms. The maximum Gasteiger partial charge on any atom is 0.271 e. The van der Waals surface area contributed by atoms with Crippen molar-refractivity contribution in [1.29, 1.82) is 0 Å². The lowest BCUT2D eigenvalue weighted by atomic mass is 10.1. The van der Waals surface area contributed by atoms with Crippen LogP contribution in [0.1, 0.15) is 15.9 Å². The predicted octanol–water partition coefficient (Wildman–Crippen LogP) is 1.66. The second-order valence-corrected chi connectivity index (χ2v) is 6.96. The molecule has 3 rings (SSSR count). The van der Waals surface area contributed by atoms with Gasteiger partial charge < -0.3 is 14.8 Å². The molecule has 0 bridgehead atoms. The van der Waals surface area contributed by atoms with E-state index in [2.05, 4.69) is 21.2 Å². The molecule has 0 spiro atoms. The maximum absolute atomic E-state index is 12.8. The lowest BCUT2D eigenvalue weighted by Crippen LogP contribution is -2.53. The van der Waals surface area contributed by atoms with Crippen LogP contribution >= 0.6 is 0 Å². The smallest absolute Gasteiger partial charge is 0.271 e. The third kappa shape index (κ3) is 7.35. The number of hydrogen-bond donors (Lipinski definition) is 3. The number of methoxy groups -OCH3 is 1. The van der Waals surface area contributed by atoms with Crippen LogP contribution in [0.2, 0.25) is 0 Å². The average Bonchev–Trinajstić information content (AvgIpc) is 2.87. The number of rotatable bonds is 9. The molecular formula is C24H24N4O5. The first-order chi connectivity index (χ1) is 16.0. The molecule has 1 aromatic heterocycles. The molecule has 0 aliphatic heterocycles. The number of amides is 3. The van der Waals surface area contributed by atoms with E-state index in [1.165, 1.54) is 12.4 Å². The minimum absolute atomic E-state index is 0.190. The summed E-state index contributed by atoms with van der Waals surface area (Å²) in [5.74, 6) is -0.392. The molecule has 9 nitrogen and oxygen atoms in total. The molecule has 3 amide bonds. The van der Waals surface area contributed by atoms with Crippen LogP contribution < -0.4 is 25.6 Å². The van der Waals surface area contributed by atoms with E-state index < -0.39 is 23.8 Å². The number of para-hydroxylation sites is 1. The van der Waals surface area contributed by atoms with Crippen LogP contribution in [-0.4, -0.2) is 42.5 Å². The molecule has 0 fully saturated rings. The Balaban J connectivity index is 1.63. The Labute approximate surface area is 191 Å². The number of nitrogens with zero attached hydrogens (tertiary/aromatic N) is 1. The van der Waals surface area contributed by atoms with Crippen molar-refractivity contribution in [1.82, 2.24) is 21.2 Å². The van der Waals surface area contributed by atoms with Gasteiger partial charge in [-0.15, -0.1) is 0 Å². The first kappa shape index (κ1) is 23.3. The van der Waals surface area contributed by atoms with Crippen molar-refractivity contribution in [3.63, 3.8) is 0 Å². The Morgan fingerprint density at radius 2 is 1.67 bits per heavy atom. The van der Waals surface area contributed by atoms with E-state index in [0.29, 0.717) is 11.5 Å². The minimum Gasteiger partial charge on any atom is -0.497 e. The Bertz CT molecular complexity index is 1060. The van der Waals surface area contributed by atoms with Crippen molar-refractivity contribution in [2.75, 3.05) is 13.7 Å². The van der Waals surface area contributed by atoms with Crippen LogP contribution in [0.25, 0.3) is 0 Å². The number of pyridine rings is 1. The molecule has 170 valence electrons. The van der Waals surface area contributed by atoms with E-state index >= 15 is 0 Å². The molecule has 0 radical (unpaired) electrons. The van der Waals surface area contributed by atoms with Gasteiger partial charge in [0.2, 0.25) is 0 Å². The average molecular weight is 448 g/mol. The summed E-state index contributed by atoms with van der Waals surface area (Å²) in [6, 6.07) is 18.2. The van der Waals surface area contributed by atoms with Crippen LogP contribution in [0.4, 0.5) is 0 Å². The van der Waals surface area contributed by atoms with Crippen molar-refractivity contribution in [2.45, 2.75) is 12.5 Å². The fraction of sp³-hybridized carbons (Fsp3) is 0.167. The summed E-state index contributed by atoms with van der Waals surface area (Å²) in [4.78, 5) is 41.3. The Kier molecular flexibility index (Phi) is 8.35. The topological polar surface area (TPSA) is 119 Å². The van der Waals surface area contributed by atoms with Gasteiger partial charge in [-0.05, 0) is 42.0 Å². The van der Waals surface area contributed by atoms with Gasteiger partial charge in [0.25, 0.3) is 17.7 Å². The van der Waals surface area contributed by atoms with Crippen LogP contribution in [0, 0.1) is 0 Å². The highest BCUT2D eigenvalue weighted by Gasteiger charge is 2.22. The molecule has 0 aliphatic carbocycles. The molecule has 33 heavy (non-hydrogen) atoms. The van der Waals surface area contributed by atoms with E-state index in [9.17, 15) is 14.4 Å². The number of nitrogens with one attached hydrogen (secondary N) is 3. The lowest BCUT2D eigenvalue weighted by Gasteiger charge is -2.19. The second kappa shape index (κ2) is 11.8. The molecule has 3 N–H and O–H groups in total. The van der Waals surface area contributed by atoms with Gasteiger partial charge >= 0.3 is 0 Å². The van der Waals surface area contributed by atoms with Gasteiger partial charge in [-0.2, -0.15) is 0 Å². The molecule has 1 heterocycles. The lowest BCUT2D eigenvalue weighted by molar-refractivity contribution is -0.130. The zero-order valence-electron chi connectivity index (χ0n) is 18.0. The number of carbonyl (C=O) groups excluding carboxylic acids is 3. The molecule has 2 aromatic carbocycles. The van der Waals surface area contributed by atoms with Crippen molar-refractivity contribution < 1.29 is 23.9 Å². The van der Waals surface area contributed by atoms with Gasteiger partial charge in [-0.25, -0.2) is 0 Å². The molecule has 1 atom stereocenters. The third-order valence-corrected chi connectivity index (χ3v) is 4.59. The van der Waals surface area contributed by atoms with Crippen molar-refractivity contribution in [3.05, 3.63) is 90.3 Å². The standard InChI is InChI=1S/C24H24N4O5/c1-32-19-11-9-17(10-12-19)14-21(26-22(29)16-33-20-7-3-2-4-8-20)24(31)28-27-23(30)18-6-5-13-25-15-18/h2-13,15,21H,14,16H2,1H3,(H,26,29)(H,27,30)(H,28,31). The van der Waals surface area contributed by atoms with Crippen molar-refractivity contribution in [3.8, 4) is 11.5 Å². The zero-order valence-corrected chi connectivity index (χ0v) is 18.0. The first-order valence-electron chi connectivity index (χ1n) is 10.2. The monoisotopic (exact) mass is 448 g/mol. The van der Waals surface area contributed by atoms with Gasteiger partial charge in [0.15, 0.2) is 6.61 Å². The highest BCUT2D eigenvalue weighted by Crippen LogP contribution is 2.13. The van der Waals surface area contributed by atoms with Gasteiger partial charge in [0.1, 0.15) is 17.5 Å². The quantitative estimate of drug-likeness (QED) is 0.429. The van der Waals surface area contributed by atoms with Gasteiger partial charge in [-0.3, -0.25) is 30.2 Å². The number of hydrazine groups is 1. The van der Waals surface area contributed by atoms with Gasteiger partial charge in [0.05, 0.1) is 12.7 Å². The normalized spacial score (nSPS) is 11.1. The summed E-state index contributed by atoms with van der Waals surface area (Å²) in [6.07, 6.45) is 3.10. The summed E-state index contributed by atoms with van der Waals surface area (Å²) in [5, 5.41) is 2.66. The number of hydrogen-bond acceptors (Lipinski definition) is 6. The van der Waals surface area contributed by atoms with Crippen LogP contribution in [-0.2, 0) is 16.0 Å². The Hall–Kier alpha value is -4.40. The van der Waals surface area contributed by atoms with Gasteiger partial charge in [-0.1, -0.05) is 30.3 Å². The number of ether oxygens (including phenoxy) is 2. The molecule has 0 saturated heterocycles. The van der Waals surface area contributed by atoms with E-state index in [-0.39, 0.29) is 18.6 Å². The van der Waals surface area contributed by atoms with Crippen molar-refractivity contribution in [2.24, 2.45) is 0 Å². The summed E-state index contributed by atoms with van der Waals surface area (Å²) in [7, 11) is 1.56. The highest BCUT2D eigenvalue weighted by atomic mass is 16.5.